The lowest BCUT2D eigenvalue weighted by atomic mass is 9.75. The first-order valence-electron chi connectivity index (χ1n) is 9.04. The Kier molecular flexibility index (Phi) is 5.92. The summed E-state index contributed by atoms with van der Waals surface area (Å²) < 4.78 is 0. The van der Waals surface area contributed by atoms with Gasteiger partial charge in [-0.2, -0.15) is 0 Å². The molecule has 0 heterocycles. The Bertz CT molecular complexity index is 273. The molecule has 0 unspecified atom stereocenters. The van der Waals surface area contributed by atoms with Gasteiger partial charge in [0.1, 0.15) is 0 Å². The Balaban J connectivity index is 2.09. The van der Waals surface area contributed by atoms with Crippen molar-refractivity contribution in [2.75, 3.05) is 13.1 Å². The highest BCUT2D eigenvalue weighted by Gasteiger charge is 2.41. The molecule has 2 heteroatoms. The highest BCUT2D eigenvalue weighted by molar-refractivity contribution is 4.98. The summed E-state index contributed by atoms with van der Waals surface area (Å²) in [5, 5.41) is 0. The standard InChI is InChI=1S/C18H36N2/c1-15(2)10-13-20(17-6-4-5-7-17)18(14-19)11-8-16(3)9-12-18/h15-17H,4-14,19H2,1-3H3. The second-order valence-electron chi connectivity index (χ2n) is 7.93. The van der Waals surface area contributed by atoms with Crippen LogP contribution in [0.1, 0.15) is 78.6 Å². The van der Waals surface area contributed by atoms with E-state index in [0.29, 0.717) is 5.54 Å². The van der Waals surface area contributed by atoms with E-state index in [-0.39, 0.29) is 0 Å². The number of rotatable bonds is 6. The van der Waals surface area contributed by atoms with Gasteiger partial charge in [-0.25, -0.2) is 0 Å². The molecule has 118 valence electrons. The van der Waals surface area contributed by atoms with Crippen LogP contribution in [0.5, 0.6) is 0 Å². The zero-order chi connectivity index (χ0) is 14.6. The van der Waals surface area contributed by atoms with Crippen molar-refractivity contribution in [3.05, 3.63) is 0 Å². The third-order valence-corrected chi connectivity index (χ3v) is 5.91. The average molecular weight is 280 g/mol. The minimum absolute atomic E-state index is 0.330. The van der Waals surface area contributed by atoms with Gasteiger partial charge in [0.15, 0.2) is 0 Å². The summed E-state index contributed by atoms with van der Waals surface area (Å²) in [6.07, 6.45) is 12.4. The zero-order valence-corrected chi connectivity index (χ0v) is 14.0. The molecule has 2 aliphatic rings. The van der Waals surface area contributed by atoms with Crippen molar-refractivity contribution in [1.82, 2.24) is 4.90 Å². The summed E-state index contributed by atoms with van der Waals surface area (Å²) >= 11 is 0. The summed E-state index contributed by atoms with van der Waals surface area (Å²) in [6.45, 7) is 9.26. The normalized spacial score (nSPS) is 32.4. The molecule has 0 radical (unpaired) electrons. The minimum atomic E-state index is 0.330. The first-order chi connectivity index (χ1) is 9.57. The molecule has 2 nitrogen and oxygen atoms in total. The molecule has 0 aromatic rings. The second-order valence-corrected chi connectivity index (χ2v) is 7.93. The van der Waals surface area contributed by atoms with Crippen molar-refractivity contribution in [3.8, 4) is 0 Å². The molecule has 0 amide bonds. The molecule has 2 saturated carbocycles. The average Bonchev–Trinajstić information content (AvgIpc) is 2.95. The number of nitrogens with zero attached hydrogens (tertiary/aromatic N) is 1. The third-order valence-electron chi connectivity index (χ3n) is 5.91. The Morgan fingerprint density at radius 1 is 1.10 bits per heavy atom. The fraction of sp³-hybridized carbons (Fsp3) is 1.00. The molecule has 0 aromatic heterocycles. The highest BCUT2D eigenvalue weighted by Crippen LogP contribution is 2.40. The van der Waals surface area contributed by atoms with Crippen LogP contribution in [0.4, 0.5) is 0 Å². The lowest BCUT2D eigenvalue weighted by Crippen LogP contribution is -2.59. The fourth-order valence-electron chi connectivity index (χ4n) is 4.33. The van der Waals surface area contributed by atoms with E-state index < -0.39 is 0 Å². The van der Waals surface area contributed by atoms with Crippen molar-refractivity contribution >= 4 is 0 Å². The Hall–Kier alpha value is -0.0800. The van der Waals surface area contributed by atoms with E-state index in [0.717, 1.165) is 24.4 Å². The first-order valence-corrected chi connectivity index (χ1v) is 9.04. The predicted molar refractivity (Wildman–Crippen MR) is 87.8 cm³/mol. The molecule has 0 spiro atoms. The van der Waals surface area contributed by atoms with Crippen molar-refractivity contribution in [3.63, 3.8) is 0 Å². The lowest BCUT2D eigenvalue weighted by molar-refractivity contribution is 0.00732. The van der Waals surface area contributed by atoms with Gasteiger partial charge < -0.3 is 5.73 Å². The van der Waals surface area contributed by atoms with Gasteiger partial charge in [-0.3, -0.25) is 4.90 Å². The third kappa shape index (κ3) is 3.76. The van der Waals surface area contributed by atoms with E-state index in [2.05, 4.69) is 25.7 Å². The van der Waals surface area contributed by atoms with E-state index in [1.807, 2.05) is 0 Å². The molecule has 2 N–H and O–H groups in total. The van der Waals surface area contributed by atoms with Crippen LogP contribution in [0.2, 0.25) is 0 Å². The molecular weight excluding hydrogens is 244 g/mol. The Labute approximate surface area is 126 Å². The van der Waals surface area contributed by atoms with Gasteiger partial charge in [-0.1, -0.05) is 33.6 Å². The summed E-state index contributed by atoms with van der Waals surface area (Å²) in [7, 11) is 0. The van der Waals surface area contributed by atoms with Gasteiger partial charge >= 0.3 is 0 Å². The van der Waals surface area contributed by atoms with E-state index in [4.69, 9.17) is 5.73 Å². The van der Waals surface area contributed by atoms with Crippen LogP contribution in [0.25, 0.3) is 0 Å². The van der Waals surface area contributed by atoms with E-state index in [1.54, 1.807) is 0 Å². The molecule has 20 heavy (non-hydrogen) atoms. The van der Waals surface area contributed by atoms with Crippen LogP contribution >= 0.6 is 0 Å². The largest absolute Gasteiger partial charge is 0.329 e. The van der Waals surface area contributed by atoms with Gasteiger partial charge in [0.25, 0.3) is 0 Å². The van der Waals surface area contributed by atoms with Crippen LogP contribution in [-0.2, 0) is 0 Å². The van der Waals surface area contributed by atoms with Gasteiger partial charge in [0.2, 0.25) is 0 Å². The van der Waals surface area contributed by atoms with E-state index in [9.17, 15) is 0 Å². The maximum atomic E-state index is 6.32. The second kappa shape index (κ2) is 7.26. The van der Waals surface area contributed by atoms with Crippen molar-refractivity contribution in [2.24, 2.45) is 17.6 Å². The maximum Gasteiger partial charge on any atom is 0.0334 e. The SMILES string of the molecule is CC(C)CCN(C1CCCC1)C1(CN)CCC(C)CC1. The molecule has 0 aliphatic heterocycles. The molecule has 2 fully saturated rings. The van der Waals surface area contributed by atoms with Crippen LogP contribution in [0.3, 0.4) is 0 Å². The van der Waals surface area contributed by atoms with Gasteiger partial charge in [0.05, 0.1) is 0 Å². The van der Waals surface area contributed by atoms with E-state index >= 15 is 0 Å². The summed E-state index contributed by atoms with van der Waals surface area (Å²) in [5.41, 5.74) is 6.65. The Morgan fingerprint density at radius 2 is 1.70 bits per heavy atom. The maximum absolute atomic E-state index is 6.32. The van der Waals surface area contributed by atoms with Crippen LogP contribution in [-0.4, -0.2) is 29.6 Å². The summed E-state index contributed by atoms with van der Waals surface area (Å²) in [4.78, 5) is 2.88. The first kappa shape index (κ1) is 16.3. The quantitative estimate of drug-likeness (QED) is 0.790. The van der Waals surface area contributed by atoms with Crippen molar-refractivity contribution in [2.45, 2.75) is 90.1 Å². The predicted octanol–water partition coefficient (Wildman–Crippen LogP) is 4.18. The number of nitrogens with two attached hydrogens (primary N) is 1. The molecule has 0 atom stereocenters. The topological polar surface area (TPSA) is 29.3 Å². The summed E-state index contributed by atoms with van der Waals surface area (Å²) in [6, 6.07) is 0.825. The number of hydrogen-bond acceptors (Lipinski definition) is 2. The van der Waals surface area contributed by atoms with Gasteiger partial charge in [-0.15, -0.1) is 0 Å². The molecule has 0 bridgehead atoms. The Morgan fingerprint density at radius 3 is 2.20 bits per heavy atom. The molecular formula is C18H36N2. The molecule has 2 aliphatic carbocycles. The fourth-order valence-corrected chi connectivity index (χ4v) is 4.33. The molecule has 2 rings (SSSR count). The zero-order valence-electron chi connectivity index (χ0n) is 14.0. The van der Waals surface area contributed by atoms with E-state index in [1.165, 1.54) is 64.3 Å². The smallest absolute Gasteiger partial charge is 0.0334 e. The minimum Gasteiger partial charge on any atom is -0.329 e. The lowest BCUT2D eigenvalue weighted by Gasteiger charge is -2.50. The molecule has 0 saturated heterocycles. The number of hydrogen-bond donors (Lipinski definition) is 1. The summed E-state index contributed by atoms with van der Waals surface area (Å²) in [5.74, 6) is 1.71. The van der Waals surface area contributed by atoms with Crippen molar-refractivity contribution in [1.29, 1.82) is 0 Å². The van der Waals surface area contributed by atoms with Crippen LogP contribution in [0.15, 0.2) is 0 Å². The van der Waals surface area contributed by atoms with Crippen molar-refractivity contribution < 1.29 is 0 Å². The molecule has 0 aromatic carbocycles. The van der Waals surface area contributed by atoms with Crippen LogP contribution in [0, 0.1) is 11.8 Å². The van der Waals surface area contributed by atoms with Gasteiger partial charge in [0, 0.05) is 18.1 Å². The highest BCUT2D eigenvalue weighted by atomic mass is 15.2. The van der Waals surface area contributed by atoms with Gasteiger partial charge in [-0.05, 0) is 63.3 Å². The monoisotopic (exact) mass is 280 g/mol. The van der Waals surface area contributed by atoms with Crippen LogP contribution < -0.4 is 5.73 Å².